The largest absolute Gasteiger partial charge is 0.317 e. The Bertz CT molecular complexity index is 457. The van der Waals surface area contributed by atoms with Gasteiger partial charge in [-0.05, 0) is 49.4 Å². The number of hydrogen-bond acceptors (Lipinski definition) is 3. The average Bonchev–Trinajstić information content (AvgIpc) is 2.74. The van der Waals surface area contributed by atoms with Crippen molar-refractivity contribution >= 4 is 22.4 Å². The van der Waals surface area contributed by atoms with Crippen LogP contribution in [-0.2, 0) is 0 Å². The smallest absolute Gasteiger partial charge is 0.0843 e. The molecule has 3 heteroatoms. The van der Waals surface area contributed by atoms with Crippen LogP contribution in [0.25, 0.3) is 10.9 Å². The van der Waals surface area contributed by atoms with Crippen molar-refractivity contribution in [3.8, 4) is 0 Å². The van der Waals surface area contributed by atoms with Crippen LogP contribution >= 0.6 is 11.5 Å². The monoisotopic (exact) mass is 218 g/mol. The van der Waals surface area contributed by atoms with E-state index in [2.05, 4.69) is 34.0 Å². The molecule has 2 nitrogen and oxygen atoms in total. The molecule has 1 aromatic carbocycles. The molecule has 1 aliphatic rings. The summed E-state index contributed by atoms with van der Waals surface area (Å²) in [7, 11) is 0. The Labute approximate surface area is 93.5 Å². The Kier molecular flexibility index (Phi) is 2.43. The summed E-state index contributed by atoms with van der Waals surface area (Å²) in [5.74, 6) is 0.726. The number of piperidine rings is 1. The van der Waals surface area contributed by atoms with Crippen molar-refractivity contribution in [2.75, 3.05) is 13.1 Å². The first kappa shape index (κ1) is 9.31. The number of aromatic nitrogens is 1. The lowest BCUT2D eigenvalue weighted by atomic mass is 9.94. The topological polar surface area (TPSA) is 24.9 Å². The van der Waals surface area contributed by atoms with Gasteiger partial charge in [-0.3, -0.25) is 0 Å². The van der Waals surface area contributed by atoms with E-state index in [1.165, 1.54) is 23.1 Å². The van der Waals surface area contributed by atoms with Crippen molar-refractivity contribution in [3.63, 3.8) is 0 Å². The van der Waals surface area contributed by atoms with Crippen molar-refractivity contribution in [2.24, 2.45) is 0 Å². The molecule has 1 N–H and O–H groups in total. The van der Waals surface area contributed by atoms with Gasteiger partial charge in [-0.25, -0.2) is 0 Å². The van der Waals surface area contributed by atoms with Crippen LogP contribution in [0.15, 0.2) is 24.3 Å². The summed E-state index contributed by atoms with van der Waals surface area (Å²) in [5, 5.41) is 4.78. The van der Waals surface area contributed by atoms with Crippen molar-refractivity contribution in [1.82, 2.24) is 9.69 Å². The number of hydrogen-bond donors (Lipinski definition) is 1. The highest BCUT2D eigenvalue weighted by atomic mass is 32.1. The van der Waals surface area contributed by atoms with Gasteiger partial charge < -0.3 is 5.32 Å². The molecule has 1 aliphatic heterocycles. The molecule has 0 radical (unpaired) electrons. The summed E-state index contributed by atoms with van der Waals surface area (Å²) in [6, 6.07) is 8.49. The Morgan fingerprint density at radius 3 is 2.87 bits per heavy atom. The minimum absolute atomic E-state index is 0.726. The second kappa shape index (κ2) is 3.91. The third-order valence-electron chi connectivity index (χ3n) is 3.12. The van der Waals surface area contributed by atoms with Crippen molar-refractivity contribution in [3.05, 3.63) is 29.1 Å². The van der Waals surface area contributed by atoms with Gasteiger partial charge in [-0.1, -0.05) is 18.2 Å². The molecule has 0 unspecified atom stereocenters. The van der Waals surface area contributed by atoms with Crippen LogP contribution in [0.1, 0.15) is 23.6 Å². The maximum absolute atomic E-state index is 4.52. The van der Waals surface area contributed by atoms with E-state index >= 15 is 0 Å². The van der Waals surface area contributed by atoms with Gasteiger partial charge in [0.2, 0.25) is 0 Å². The van der Waals surface area contributed by atoms with Gasteiger partial charge in [0.15, 0.2) is 0 Å². The normalized spacial score (nSPS) is 18.4. The maximum atomic E-state index is 4.52. The number of fused-ring (bicyclic) bond motifs is 1. The third-order valence-corrected chi connectivity index (χ3v) is 4.16. The summed E-state index contributed by atoms with van der Waals surface area (Å²) in [4.78, 5) is 1.49. The lowest BCUT2D eigenvalue weighted by Crippen LogP contribution is -2.26. The van der Waals surface area contributed by atoms with E-state index in [1.54, 1.807) is 11.5 Å². The van der Waals surface area contributed by atoms with Crippen LogP contribution in [0, 0.1) is 0 Å². The molecule has 3 rings (SSSR count). The summed E-state index contributed by atoms with van der Waals surface area (Å²) in [6.07, 6.45) is 2.51. The number of nitrogens with zero attached hydrogens (tertiary/aromatic N) is 1. The molecule has 0 amide bonds. The highest BCUT2D eigenvalue weighted by Gasteiger charge is 2.19. The highest BCUT2D eigenvalue weighted by molar-refractivity contribution is 7.07. The van der Waals surface area contributed by atoms with Crippen LogP contribution in [0.5, 0.6) is 0 Å². The first-order valence-electron chi connectivity index (χ1n) is 5.50. The lowest BCUT2D eigenvalue weighted by Gasteiger charge is -2.21. The molecule has 78 valence electrons. The van der Waals surface area contributed by atoms with E-state index < -0.39 is 0 Å². The predicted octanol–water partition coefficient (Wildman–Crippen LogP) is 2.76. The second-order valence-electron chi connectivity index (χ2n) is 4.09. The fourth-order valence-electron chi connectivity index (χ4n) is 2.29. The first-order valence-corrected chi connectivity index (χ1v) is 6.27. The molecule has 0 aliphatic carbocycles. The zero-order valence-electron chi connectivity index (χ0n) is 8.57. The van der Waals surface area contributed by atoms with Gasteiger partial charge in [-0.2, -0.15) is 4.37 Å². The molecule has 1 saturated heterocycles. The van der Waals surface area contributed by atoms with Crippen molar-refractivity contribution < 1.29 is 0 Å². The van der Waals surface area contributed by atoms with Crippen LogP contribution in [0.2, 0.25) is 0 Å². The van der Waals surface area contributed by atoms with Crippen LogP contribution < -0.4 is 5.32 Å². The Balaban J connectivity index is 2.02. The fraction of sp³-hybridized carbons (Fsp3) is 0.417. The van der Waals surface area contributed by atoms with Gasteiger partial charge in [0, 0.05) is 10.3 Å². The van der Waals surface area contributed by atoms with E-state index in [0.717, 1.165) is 24.5 Å². The molecular weight excluding hydrogens is 204 g/mol. The van der Waals surface area contributed by atoms with Crippen molar-refractivity contribution in [2.45, 2.75) is 18.8 Å². The number of rotatable bonds is 1. The average molecular weight is 218 g/mol. The molecule has 1 fully saturated rings. The van der Waals surface area contributed by atoms with E-state index in [4.69, 9.17) is 0 Å². The summed E-state index contributed by atoms with van der Waals surface area (Å²) in [6.45, 7) is 2.30. The minimum Gasteiger partial charge on any atom is -0.317 e. The molecule has 0 spiro atoms. The zero-order chi connectivity index (χ0) is 10.1. The number of nitrogens with one attached hydrogen (secondary N) is 1. The van der Waals surface area contributed by atoms with E-state index in [0.29, 0.717) is 0 Å². The maximum Gasteiger partial charge on any atom is 0.0843 e. The first-order chi connectivity index (χ1) is 7.45. The molecule has 0 saturated carbocycles. The van der Waals surface area contributed by atoms with Crippen molar-refractivity contribution in [1.29, 1.82) is 0 Å². The molecular formula is C12H14N2S. The molecule has 0 bridgehead atoms. The summed E-state index contributed by atoms with van der Waals surface area (Å²) in [5.41, 5.74) is 1.16. The van der Waals surface area contributed by atoms with Gasteiger partial charge in [0.25, 0.3) is 0 Å². The van der Waals surface area contributed by atoms with Crippen LogP contribution in [0.3, 0.4) is 0 Å². The summed E-state index contributed by atoms with van der Waals surface area (Å²) < 4.78 is 4.52. The molecule has 1 aromatic heterocycles. The lowest BCUT2D eigenvalue weighted by molar-refractivity contribution is 0.467. The number of benzene rings is 1. The van der Waals surface area contributed by atoms with Crippen LogP contribution in [0.4, 0.5) is 0 Å². The van der Waals surface area contributed by atoms with Gasteiger partial charge >= 0.3 is 0 Å². The van der Waals surface area contributed by atoms with E-state index in [9.17, 15) is 0 Å². The molecule has 2 aromatic rings. The molecule has 0 atom stereocenters. The molecule has 2 heterocycles. The Morgan fingerprint density at radius 1 is 1.20 bits per heavy atom. The van der Waals surface area contributed by atoms with E-state index in [1.807, 2.05) is 0 Å². The fourth-order valence-corrected chi connectivity index (χ4v) is 3.30. The quantitative estimate of drug-likeness (QED) is 0.796. The second-order valence-corrected chi connectivity index (χ2v) is 4.89. The predicted molar refractivity (Wildman–Crippen MR) is 64.5 cm³/mol. The Morgan fingerprint density at radius 2 is 2.00 bits per heavy atom. The standard InChI is InChI=1S/C12H14N2S/c1-2-4-11-10(3-1)12(15-14-11)9-5-7-13-8-6-9/h1-4,9,13H,5-8H2. The minimum atomic E-state index is 0.726. The zero-order valence-corrected chi connectivity index (χ0v) is 9.39. The Hall–Kier alpha value is -0.930. The van der Waals surface area contributed by atoms with Gasteiger partial charge in [0.1, 0.15) is 0 Å². The third kappa shape index (κ3) is 1.66. The van der Waals surface area contributed by atoms with E-state index in [-0.39, 0.29) is 0 Å². The van der Waals surface area contributed by atoms with Crippen LogP contribution in [-0.4, -0.2) is 17.5 Å². The van der Waals surface area contributed by atoms with Gasteiger partial charge in [-0.15, -0.1) is 0 Å². The highest BCUT2D eigenvalue weighted by Crippen LogP contribution is 2.34. The molecule has 15 heavy (non-hydrogen) atoms. The van der Waals surface area contributed by atoms with Gasteiger partial charge in [0.05, 0.1) is 5.52 Å². The summed E-state index contributed by atoms with van der Waals surface area (Å²) >= 11 is 1.69. The SMILES string of the molecule is c1ccc2c(C3CCNCC3)snc2c1.